The van der Waals surface area contributed by atoms with Gasteiger partial charge in [0.15, 0.2) is 5.82 Å². The predicted molar refractivity (Wildman–Crippen MR) is 155 cm³/mol. The molecule has 1 saturated carbocycles. The summed E-state index contributed by atoms with van der Waals surface area (Å²) < 4.78 is 25.2. The molecule has 40 heavy (non-hydrogen) atoms. The zero-order valence-corrected chi connectivity index (χ0v) is 23.3. The maximum absolute atomic E-state index is 16.6. The molecule has 2 unspecified atom stereocenters. The fourth-order valence-electron chi connectivity index (χ4n) is 8.27. The minimum absolute atomic E-state index is 0.0753. The molecule has 3 aliphatic heterocycles. The number of anilines is 1. The van der Waals surface area contributed by atoms with Gasteiger partial charge in [0.25, 0.3) is 0 Å². The molecule has 0 spiro atoms. The van der Waals surface area contributed by atoms with Crippen molar-refractivity contribution in [2.45, 2.75) is 64.0 Å². The minimum atomic E-state index is -0.399. The maximum atomic E-state index is 16.6. The Balaban J connectivity index is 1.25. The highest BCUT2D eigenvalue weighted by molar-refractivity contribution is 5.97. The summed E-state index contributed by atoms with van der Waals surface area (Å²) in [5.41, 5.74) is 2.50. The van der Waals surface area contributed by atoms with Crippen LogP contribution in [-0.4, -0.2) is 62.7 Å². The lowest BCUT2D eigenvalue weighted by atomic mass is 9.95. The van der Waals surface area contributed by atoms with Crippen molar-refractivity contribution in [2.24, 2.45) is 11.8 Å². The Bertz CT molecular complexity index is 1580. The van der Waals surface area contributed by atoms with E-state index >= 15 is 4.39 Å². The van der Waals surface area contributed by atoms with Crippen LogP contribution in [0, 0.1) is 17.7 Å². The molecule has 208 valence electrons. The second-order valence-corrected chi connectivity index (χ2v) is 12.5. The van der Waals surface area contributed by atoms with E-state index in [9.17, 15) is 0 Å². The van der Waals surface area contributed by atoms with Crippen molar-refractivity contribution in [1.82, 2.24) is 24.4 Å². The van der Waals surface area contributed by atoms with E-state index in [-0.39, 0.29) is 5.54 Å². The van der Waals surface area contributed by atoms with Crippen LogP contribution in [-0.2, 0) is 6.54 Å². The van der Waals surface area contributed by atoms with Gasteiger partial charge < -0.3 is 14.2 Å². The third-order valence-corrected chi connectivity index (χ3v) is 10.2. The summed E-state index contributed by atoms with van der Waals surface area (Å²) in [4.78, 5) is 19.4. The fraction of sp³-hybridized carbons (Fsp3) is 0.531. The molecule has 1 aliphatic carbocycles. The molecule has 3 saturated heterocycles. The number of rotatable bonds is 6. The summed E-state index contributed by atoms with van der Waals surface area (Å²) in [7, 11) is 0. The molecule has 6 heterocycles. The molecule has 0 N–H and O–H groups in total. The summed E-state index contributed by atoms with van der Waals surface area (Å²) in [5, 5.41) is 1.75. The van der Waals surface area contributed by atoms with Crippen LogP contribution in [0.3, 0.4) is 0 Å². The molecule has 2 atom stereocenters. The van der Waals surface area contributed by atoms with Crippen LogP contribution in [0.15, 0.2) is 36.7 Å². The molecule has 8 heteroatoms. The Morgan fingerprint density at radius 3 is 2.62 bits per heavy atom. The van der Waals surface area contributed by atoms with E-state index < -0.39 is 5.82 Å². The highest BCUT2D eigenvalue weighted by atomic mass is 19.1. The number of piperidine rings is 1. The summed E-state index contributed by atoms with van der Waals surface area (Å²) in [6, 6.07) is 8.37. The van der Waals surface area contributed by atoms with Crippen LogP contribution in [0.2, 0.25) is 0 Å². The lowest BCUT2D eigenvalue weighted by Crippen LogP contribution is -2.43. The number of hydrogen-bond donors (Lipinski definition) is 0. The van der Waals surface area contributed by atoms with Gasteiger partial charge in [0.2, 0.25) is 0 Å². The van der Waals surface area contributed by atoms with Crippen molar-refractivity contribution >= 4 is 27.6 Å². The van der Waals surface area contributed by atoms with Gasteiger partial charge in [0.1, 0.15) is 23.6 Å². The first-order valence-corrected chi connectivity index (χ1v) is 15.2. The quantitative estimate of drug-likeness (QED) is 0.297. The molecule has 4 aromatic rings. The number of nitrogens with zero attached hydrogens (tertiary/aromatic N) is 6. The standard InChI is InChI=1S/C32H37FN6O/c1-2-37-15-10-23-6-3-7-24(29(23)37)27-26(33)28-25(17-34-27)30(38-18-21-8-9-22(16-21)19-38)36-31(35-28)40-20-32-11-4-13-39(32)14-5-12-32/h3,6-7,10,15,17,21-22H,2,4-5,8-9,11-14,16,18-20H2,1H3. The minimum Gasteiger partial charge on any atom is -0.461 e. The van der Waals surface area contributed by atoms with E-state index in [1.165, 1.54) is 32.1 Å². The SMILES string of the molecule is CCn1ccc2cccc(-c3ncc4c(N5CC6CCC(C6)C5)nc(OCC56CCCN5CCC6)nc4c3F)c21. The summed E-state index contributed by atoms with van der Waals surface area (Å²) >= 11 is 0. The lowest BCUT2D eigenvalue weighted by molar-refractivity contribution is 0.108. The number of ether oxygens (including phenoxy) is 1. The molecule has 8 rings (SSSR count). The van der Waals surface area contributed by atoms with Gasteiger partial charge in [-0.2, -0.15) is 9.97 Å². The first-order chi connectivity index (χ1) is 19.6. The van der Waals surface area contributed by atoms with Gasteiger partial charge in [-0.15, -0.1) is 0 Å². The Kier molecular flexibility index (Phi) is 5.76. The molecule has 1 aromatic carbocycles. The first kappa shape index (κ1) is 24.5. The van der Waals surface area contributed by atoms with Crippen LogP contribution in [0.4, 0.5) is 10.2 Å². The van der Waals surface area contributed by atoms with Crippen LogP contribution in [0.5, 0.6) is 6.01 Å². The van der Waals surface area contributed by atoms with E-state index in [1.54, 1.807) is 6.20 Å². The average molecular weight is 541 g/mol. The topological polar surface area (TPSA) is 59.3 Å². The molecular formula is C32H37FN6O. The average Bonchev–Trinajstić information content (AvgIpc) is 3.75. The van der Waals surface area contributed by atoms with E-state index in [2.05, 4.69) is 39.6 Å². The molecule has 3 aromatic heterocycles. The van der Waals surface area contributed by atoms with Gasteiger partial charge in [0.05, 0.1) is 16.4 Å². The zero-order valence-electron chi connectivity index (χ0n) is 23.3. The van der Waals surface area contributed by atoms with E-state index in [0.717, 1.165) is 67.8 Å². The summed E-state index contributed by atoms with van der Waals surface area (Å²) in [6.45, 7) is 7.64. The normalized spacial score (nSPS) is 23.9. The molecule has 2 bridgehead atoms. The highest BCUT2D eigenvalue weighted by Crippen LogP contribution is 2.42. The number of aryl methyl sites for hydroxylation is 1. The first-order valence-electron chi connectivity index (χ1n) is 15.2. The molecule has 4 fully saturated rings. The molecule has 7 nitrogen and oxygen atoms in total. The second-order valence-electron chi connectivity index (χ2n) is 12.5. The van der Waals surface area contributed by atoms with Crippen molar-refractivity contribution in [3.63, 3.8) is 0 Å². The van der Waals surface area contributed by atoms with Crippen LogP contribution in [0.1, 0.15) is 51.9 Å². The van der Waals surface area contributed by atoms with E-state index in [0.29, 0.717) is 41.1 Å². The largest absolute Gasteiger partial charge is 0.461 e. The van der Waals surface area contributed by atoms with Crippen LogP contribution in [0.25, 0.3) is 33.1 Å². The Morgan fingerprint density at radius 2 is 1.85 bits per heavy atom. The van der Waals surface area contributed by atoms with Gasteiger partial charge in [-0.05, 0) is 82.9 Å². The molecule has 0 amide bonds. The third kappa shape index (κ3) is 3.82. The Labute approximate surface area is 234 Å². The van der Waals surface area contributed by atoms with Gasteiger partial charge in [-0.3, -0.25) is 9.88 Å². The Morgan fingerprint density at radius 1 is 1.05 bits per heavy atom. The van der Waals surface area contributed by atoms with Crippen molar-refractivity contribution in [1.29, 1.82) is 0 Å². The number of benzene rings is 1. The Hall–Kier alpha value is -3.26. The smallest absolute Gasteiger partial charge is 0.319 e. The highest BCUT2D eigenvalue weighted by Gasteiger charge is 2.45. The zero-order chi connectivity index (χ0) is 26.8. The number of para-hydroxylation sites is 1. The van der Waals surface area contributed by atoms with E-state index in [1.807, 2.05) is 12.1 Å². The van der Waals surface area contributed by atoms with Gasteiger partial charge >= 0.3 is 6.01 Å². The third-order valence-electron chi connectivity index (χ3n) is 10.2. The van der Waals surface area contributed by atoms with Crippen molar-refractivity contribution in [3.8, 4) is 17.3 Å². The molecule has 4 aliphatic rings. The van der Waals surface area contributed by atoms with Crippen molar-refractivity contribution in [3.05, 3.63) is 42.5 Å². The maximum Gasteiger partial charge on any atom is 0.319 e. The van der Waals surface area contributed by atoms with Crippen LogP contribution < -0.4 is 9.64 Å². The number of halogens is 1. The molecule has 0 radical (unpaired) electrons. The summed E-state index contributed by atoms with van der Waals surface area (Å²) in [5.74, 6) is 1.73. The lowest BCUT2D eigenvalue weighted by Gasteiger charge is -2.34. The number of fused-ring (bicyclic) bond motifs is 5. The molecular weight excluding hydrogens is 503 g/mol. The fourth-order valence-corrected chi connectivity index (χ4v) is 8.27. The van der Waals surface area contributed by atoms with Gasteiger partial charge in [0, 0.05) is 43.0 Å². The predicted octanol–water partition coefficient (Wildman–Crippen LogP) is 6.05. The second kappa shape index (κ2) is 9.40. The van der Waals surface area contributed by atoms with Gasteiger partial charge in [-0.1, -0.05) is 18.2 Å². The van der Waals surface area contributed by atoms with Crippen molar-refractivity contribution < 1.29 is 9.13 Å². The van der Waals surface area contributed by atoms with Crippen molar-refractivity contribution in [2.75, 3.05) is 37.7 Å². The van der Waals surface area contributed by atoms with Crippen LogP contribution >= 0.6 is 0 Å². The number of hydrogen-bond acceptors (Lipinski definition) is 6. The van der Waals surface area contributed by atoms with Gasteiger partial charge in [-0.25, -0.2) is 4.39 Å². The summed E-state index contributed by atoms with van der Waals surface area (Å²) in [6.07, 6.45) is 12.4. The van der Waals surface area contributed by atoms with E-state index in [4.69, 9.17) is 19.7 Å². The number of aromatic nitrogens is 4. The number of pyridine rings is 1. The monoisotopic (exact) mass is 540 g/mol.